The van der Waals surface area contributed by atoms with E-state index in [2.05, 4.69) is 32.3 Å². The molecule has 3 heterocycles. The lowest BCUT2D eigenvalue weighted by molar-refractivity contribution is -0.119. The molecule has 136 valence electrons. The van der Waals surface area contributed by atoms with Crippen LogP contribution in [0.3, 0.4) is 0 Å². The first-order valence-corrected chi connectivity index (χ1v) is 8.37. The van der Waals surface area contributed by atoms with Gasteiger partial charge in [-0.1, -0.05) is 18.7 Å². The number of carbonyl (C=O) groups excluding carboxylic acids is 1. The van der Waals surface area contributed by atoms with E-state index >= 15 is 0 Å². The first kappa shape index (κ1) is 16.8. The molecule has 1 aromatic carbocycles. The lowest BCUT2D eigenvalue weighted by Gasteiger charge is -2.33. The van der Waals surface area contributed by atoms with Crippen molar-refractivity contribution < 1.29 is 9.53 Å². The summed E-state index contributed by atoms with van der Waals surface area (Å²) in [6, 6.07) is 10.7. The fraction of sp³-hybridized carbons (Fsp3) is 0.158. The molecule has 27 heavy (non-hydrogen) atoms. The van der Waals surface area contributed by atoms with Crippen LogP contribution in [-0.4, -0.2) is 32.8 Å². The van der Waals surface area contributed by atoms with E-state index in [-0.39, 0.29) is 11.9 Å². The van der Waals surface area contributed by atoms with Gasteiger partial charge in [-0.3, -0.25) is 9.78 Å². The van der Waals surface area contributed by atoms with Gasteiger partial charge >= 0.3 is 0 Å². The Bertz CT molecular complexity index is 967. The monoisotopic (exact) mass is 362 g/mol. The summed E-state index contributed by atoms with van der Waals surface area (Å²) in [6.45, 7) is 4.05. The largest absolute Gasteiger partial charge is 0.497 e. The Balaban J connectivity index is 1.73. The minimum atomic E-state index is -0.590. The van der Waals surface area contributed by atoms with Crippen LogP contribution < -0.4 is 15.4 Å². The maximum absolute atomic E-state index is 13.1. The normalized spacial score (nSPS) is 18.3. The summed E-state index contributed by atoms with van der Waals surface area (Å²) < 4.78 is 6.93. The number of nitrogens with one attached hydrogen (secondary N) is 2. The predicted molar refractivity (Wildman–Crippen MR) is 100 cm³/mol. The topological polar surface area (TPSA) is 94.0 Å². The lowest BCUT2D eigenvalue weighted by Crippen LogP contribution is -2.39. The van der Waals surface area contributed by atoms with Gasteiger partial charge in [-0.2, -0.15) is 10.1 Å². The van der Waals surface area contributed by atoms with Gasteiger partial charge in [-0.05, 0) is 29.8 Å². The van der Waals surface area contributed by atoms with Crippen LogP contribution in [0, 0.1) is 5.92 Å². The van der Waals surface area contributed by atoms with Gasteiger partial charge in [0.05, 0.1) is 25.0 Å². The fourth-order valence-corrected chi connectivity index (χ4v) is 3.19. The smallest absolute Gasteiger partial charge is 0.236 e. The molecule has 2 N–H and O–H groups in total. The Morgan fingerprint density at radius 1 is 1.30 bits per heavy atom. The van der Waals surface area contributed by atoms with Crippen molar-refractivity contribution in [2.24, 2.45) is 5.92 Å². The lowest BCUT2D eigenvalue weighted by atomic mass is 9.88. The van der Waals surface area contributed by atoms with E-state index in [0.717, 1.165) is 11.3 Å². The minimum Gasteiger partial charge on any atom is -0.497 e. The number of hydrogen-bond donors (Lipinski definition) is 2. The quantitative estimate of drug-likeness (QED) is 0.740. The van der Waals surface area contributed by atoms with Gasteiger partial charge in [0.15, 0.2) is 0 Å². The van der Waals surface area contributed by atoms with Gasteiger partial charge in [0.25, 0.3) is 0 Å². The zero-order valence-corrected chi connectivity index (χ0v) is 14.7. The molecule has 0 radical (unpaired) electrons. The Labute approximate surface area is 155 Å². The molecule has 8 heteroatoms. The van der Waals surface area contributed by atoms with Crippen molar-refractivity contribution in [3.8, 4) is 5.75 Å². The van der Waals surface area contributed by atoms with Crippen LogP contribution in [0.25, 0.3) is 0 Å². The molecule has 0 spiro atoms. The van der Waals surface area contributed by atoms with Gasteiger partial charge in [-0.25, -0.2) is 4.68 Å². The van der Waals surface area contributed by atoms with Crippen molar-refractivity contribution in [1.82, 2.24) is 19.7 Å². The van der Waals surface area contributed by atoms with E-state index in [4.69, 9.17) is 4.74 Å². The number of benzene rings is 1. The Hall–Kier alpha value is -3.68. The minimum absolute atomic E-state index is 0.206. The van der Waals surface area contributed by atoms with E-state index in [0.29, 0.717) is 17.3 Å². The Kier molecular flexibility index (Phi) is 4.29. The molecule has 8 nitrogen and oxygen atoms in total. The highest BCUT2D eigenvalue weighted by Gasteiger charge is 2.39. The van der Waals surface area contributed by atoms with Crippen molar-refractivity contribution >= 4 is 17.5 Å². The highest BCUT2D eigenvalue weighted by Crippen LogP contribution is 2.38. The maximum atomic E-state index is 13.1. The van der Waals surface area contributed by atoms with Crippen molar-refractivity contribution in [3.05, 3.63) is 73.0 Å². The second-order valence-electron chi connectivity index (χ2n) is 6.11. The van der Waals surface area contributed by atoms with Gasteiger partial charge in [0.1, 0.15) is 18.0 Å². The number of rotatable bonds is 4. The van der Waals surface area contributed by atoms with Crippen LogP contribution in [-0.2, 0) is 4.79 Å². The standard InChI is InChI=1S/C19H18N6O2/c1-12-16(18(26)24-14-4-3-9-20-10-14)17(25-19(23-12)21-11-22-25)13-5-7-15(27-2)8-6-13/h3-11,16-17H,1H2,2H3,(H,24,26)(H,21,22,23). The molecule has 2 unspecified atom stereocenters. The Morgan fingerprint density at radius 2 is 2.11 bits per heavy atom. The zero-order valence-electron chi connectivity index (χ0n) is 14.7. The average molecular weight is 362 g/mol. The second kappa shape index (κ2) is 6.91. The predicted octanol–water partition coefficient (Wildman–Crippen LogP) is 2.47. The number of fused-ring (bicyclic) bond motifs is 1. The summed E-state index contributed by atoms with van der Waals surface area (Å²) in [6.07, 6.45) is 4.70. The third kappa shape index (κ3) is 3.12. The fourth-order valence-electron chi connectivity index (χ4n) is 3.19. The average Bonchev–Trinajstić information content (AvgIpc) is 3.15. The summed E-state index contributed by atoms with van der Waals surface area (Å²) in [5.41, 5.74) is 2.07. The number of amides is 1. The molecule has 3 aromatic rings. The summed E-state index contributed by atoms with van der Waals surface area (Å²) in [7, 11) is 1.61. The first-order valence-electron chi connectivity index (χ1n) is 8.37. The van der Waals surface area contributed by atoms with Crippen LogP contribution in [0.2, 0.25) is 0 Å². The highest BCUT2D eigenvalue weighted by molar-refractivity contribution is 5.95. The molecule has 4 rings (SSSR count). The van der Waals surface area contributed by atoms with Crippen LogP contribution in [0.5, 0.6) is 5.75 Å². The van der Waals surface area contributed by atoms with Crippen LogP contribution >= 0.6 is 0 Å². The molecule has 0 saturated carbocycles. The number of nitrogens with zero attached hydrogens (tertiary/aromatic N) is 4. The molecule has 0 saturated heterocycles. The Morgan fingerprint density at radius 3 is 2.81 bits per heavy atom. The second-order valence-corrected chi connectivity index (χ2v) is 6.11. The summed E-state index contributed by atoms with van der Waals surface area (Å²) in [4.78, 5) is 21.3. The number of aromatic nitrogens is 4. The number of ether oxygens (including phenoxy) is 1. The van der Waals surface area contributed by atoms with Crippen molar-refractivity contribution in [3.63, 3.8) is 0 Å². The van der Waals surface area contributed by atoms with Gasteiger partial charge < -0.3 is 15.4 Å². The van der Waals surface area contributed by atoms with Crippen LogP contribution in [0.1, 0.15) is 11.6 Å². The number of carbonyl (C=O) groups is 1. The van der Waals surface area contributed by atoms with E-state index in [1.54, 1.807) is 36.3 Å². The third-order valence-electron chi connectivity index (χ3n) is 4.47. The number of pyridine rings is 1. The van der Waals surface area contributed by atoms with Gasteiger partial charge in [0, 0.05) is 11.9 Å². The molecule has 0 aliphatic carbocycles. The molecule has 0 bridgehead atoms. The third-order valence-corrected chi connectivity index (χ3v) is 4.47. The van der Waals surface area contributed by atoms with Crippen molar-refractivity contribution in [2.75, 3.05) is 17.7 Å². The van der Waals surface area contributed by atoms with Crippen LogP contribution in [0.15, 0.2) is 67.4 Å². The summed E-state index contributed by atoms with van der Waals surface area (Å²) in [5, 5.41) is 10.3. The molecule has 1 amide bonds. The molecule has 1 aliphatic rings. The highest BCUT2D eigenvalue weighted by atomic mass is 16.5. The molecular weight excluding hydrogens is 344 g/mol. The van der Waals surface area contributed by atoms with E-state index in [9.17, 15) is 4.79 Å². The number of methoxy groups -OCH3 is 1. The number of hydrogen-bond acceptors (Lipinski definition) is 6. The van der Waals surface area contributed by atoms with E-state index < -0.39 is 5.92 Å². The molecule has 2 atom stereocenters. The first-order chi connectivity index (χ1) is 13.2. The van der Waals surface area contributed by atoms with Crippen LogP contribution in [0.4, 0.5) is 11.6 Å². The molecule has 1 aliphatic heterocycles. The van der Waals surface area contributed by atoms with Crippen molar-refractivity contribution in [2.45, 2.75) is 6.04 Å². The zero-order chi connectivity index (χ0) is 18.8. The van der Waals surface area contributed by atoms with Gasteiger partial charge in [-0.15, -0.1) is 0 Å². The van der Waals surface area contributed by atoms with E-state index in [1.165, 1.54) is 6.33 Å². The maximum Gasteiger partial charge on any atom is 0.236 e. The summed E-state index contributed by atoms with van der Waals surface area (Å²) >= 11 is 0. The molecule has 0 fully saturated rings. The molecule has 2 aromatic heterocycles. The SMILES string of the molecule is C=C1Nc2ncnn2C(c2ccc(OC)cc2)C1C(=O)Nc1cccnc1. The van der Waals surface area contributed by atoms with E-state index in [1.807, 2.05) is 24.3 Å². The number of anilines is 2. The van der Waals surface area contributed by atoms with Crippen molar-refractivity contribution in [1.29, 1.82) is 0 Å². The van der Waals surface area contributed by atoms with Gasteiger partial charge in [0.2, 0.25) is 11.9 Å². The molecular formula is C19H18N6O2. The summed E-state index contributed by atoms with van der Waals surface area (Å²) in [5.74, 6) is 0.489.